The highest BCUT2D eigenvalue weighted by Crippen LogP contribution is 2.34. The molecule has 0 saturated carbocycles. The molecule has 0 aromatic carbocycles. The molecular weight excluding hydrogens is 451 g/mol. The van der Waals surface area contributed by atoms with E-state index in [-0.39, 0.29) is 29.4 Å². The van der Waals surface area contributed by atoms with Crippen LogP contribution in [0.5, 0.6) is 0 Å². The lowest BCUT2D eigenvalue weighted by molar-refractivity contribution is -0.0824. The van der Waals surface area contributed by atoms with Crippen LogP contribution in [-0.2, 0) is 4.74 Å². The number of aliphatic imine (C=N–C) groups is 1. The molecule has 3 rings (SSSR count). The minimum atomic E-state index is 0. The predicted octanol–water partition coefficient (Wildman–Crippen LogP) is 3.36. The van der Waals surface area contributed by atoms with Crippen LogP contribution in [0.1, 0.15) is 47.0 Å². The van der Waals surface area contributed by atoms with Crippen molar-refractivity contribution in [1.82, 2.24) is 15.1 Å². The molecule has 3 aliphatic heterocycles. The Balaban J connectivity index is 0.00000261. The van der Waals surface area contributed by atoms with Crippen molar-refractivity contribution < 1.29 is 4.74 Å². The molecule has 3 unspecified atom stereocenters. The fourth-order valence-electron chi connectivity index (χ4n) is 4.64. The van der Waals surface area contributed by atoms with Crippen molar-refractivity contribution in [1.29, 1.82) is 0 Å². The third-order valence-corrected chi connectivity index (χ3v) is 5.93. The third kappa shape index (κ3) is 6.07. The first-order valence-electron chi connectivity index (χ1n) is 10.5. The zero-order chi connectivity index (χ0) is 18.6. The fraction of sp³-hybridized carbons (Fsp3) is 0.857. The molecule has 0 aromatic rings. The minimum absolute atomic E-state index is 0. The summed E-state index contributed by atoms with van der Waals surface area (Å²) in [7, 11) is 0. The van der Waals surface area contributed by atoms with Crippen LogP contribution in [-0.4, -0.2) is 73.8 Å². The highest BCUT2D eigenvalue weighted by atomic mass is 127. The van der Waals surface area contributed by atoms with E-state index in [2.05, 4.69) is 55.0 Å². The Labute approximate surface area is 183 Å². The molecule has 2 fully saturated rings. The van der Waals surface area contributed by atoms with E-state index in [1.165, 1.54) is 12.8 Å². The molecule has 2 saturated heterocycles. The standard InChI is InChI=1S/C21H38N4O.HI/c1-5-22-20(25-13-10-18(16-25)24-11-6-7-12-24)23-15-17-9-8-14-26-19(17)21(2,3)4;/h6-7,17-19H,5,8-16H2,1-4H3,(H,22,23);1H. The highest BCUT2D eigenvalue weighted by molar-refractivity contribution is 14.0. The van der Waals surface area contributed by atoms with Gasteiger partial charge in [0, 0.05) is 57.8 Å². The van der Waals surface area contributed by atoms with Crippen LogP contribution < -0.4 is 5.32 Å². The Kier molecular flexibility index (Phi) is 8.87. The van der Waals surface area contributed by atoms with Crippen molar-refractivity contribution in [2.75, 3.05) is 45.9 Å². The van der Waals surface area contributed by atoms with Crippen LogP contribution in [0.25, 0.3) is 0 Å². The maximum atomic E-state index is 6.14. The van der Waals surface area contributed by atoms with Crippen molar-refractivity contribution in [2.24, 2.45) is 16.3 Å². The van der Waals surface area contributed by atoms with Crippen molar-refractivity contribution >= 4 is 29.9 Å². The van der Waals surface area contributed by atoms with E-state index < -0.39 is 0 Å². The van der Waals surface area contributed by atoms with Crippen molar-refractivity contribution in [2.45, 2.75) is 59.1 Å². The van der Waals surface area contributed by atoms with Gasteiger partial charge in [-0.15, -0.1) is 24.0 Å². The van der Waals surface area contributed by atoms with Gasteiger partial charge in [0.15, 0.2) is 5.96 Å². The van der Waals surface area contributed by atoms with E-state index >= 15 is 0 Å². The lowest BCUT2D eigenvalue weighted by atomic mass is 9.78. The zero-order valence-electron chi connectivity index (χ0n) is 17.6. The largest absolute Gasteiger partial charge is 0.377 e. The number of likely N-dealkylation sites (tertiary alicyclic amines) is 1. The van der Waals surface area contributed by atoms with Crippen LogP contribution in [0.15, 0.2) is 17.1 Å². The normalized spacial score (nSPS) is 29.9. The Morgan fingerprint density at radius 3 is 2.63 bits per heavy atom. The van der Waals surface area contributed by atoms with Gasteiger partial charge in [0.05, 0.1) is 6.10 Å². The van der Waals surface area contributed by atoms with Crippen molar-refractivity contribution in [3.8, 4) is 0 Å². The second-order valence-corrected chi connectivity index (χ2v) is 9.07. The summed E-state index contributed by atoms with van der Waals surface area (Å²) in [6.45, 7) is 16.2. The molecule has 6 heteroatoms. The quantitative estimate of drug-likeness (QED) is 0.284. The smallest absolute Gasteiger partial charge is 0.193 e. The van der Waals surface area contributed by atoms with Gasteiger partial charge < -0.3 is 15.0 Å². The van der Waals surface area contributed by atoms with Crippen LogP contribution >= 0.6 is 24.0 Å². The molecule has 3 heterocycles. The maximum Gasteiger partial charge on any atom is 0.193 e. The van der Waals surface area contributed by atoms with E-state index in [9.17, 15) is 0 Å². The molecular formula is C21H39IN4O. The van der Waals surface area contributed by atoms with Gasteiger partial charge in [0.1, 0.15) is 0 Å². The summed E-state index contributed by atoms with van der Waals surface area (Å²) in [5.74, 6) is 1.62. The van der Waals surface area contributed by atoms with Gasteiger partial charge in [-0.3, -0.25) is 9.89 Å². The fourth-order valence-corrected chi connectivity index (χ4v) is 4.64. The van der Waals surface area contributed by atoms with Crippen LogP contribution in [0.2, 0.25) is 0 Å². The van der Waals surface area contributed by atoms with Gasteiger partial charge in [0.2, 0.25) is 0 Å². The predicted molar refractivity (Wildman–Crippen MR) is 124 cm³/mol. The molecule has 0 amide bonds. The molecule has 3 atom stereocenters. The summed E-state index contributed by atoms with van der Waals surface area (Å²) in [5.41, 5.74) is 0.181. The van der Waals surface area contributed by atoms with E-state index in [4.69, 9.17) is 9.73 Å². The number of nitrogens with zero attached hydrogens (tertiary/aromatic N) is 3. The third-order valence-electron chi connectivity index (χ3n) is 5.93. The molecule has 0 spiro atoms. The molecule has 0 aliphatic carbocycles. The Bertz CT molecular complexity index is 509. The Morgan fingerprint density at radius 2 is 1.96 bits per heavy atom. The van der Waals surface area contributed by atoms with Crippen LogP contribution in [0, 0.1) is 11.3 Å². The summed E-state index contributed by atoms with van der Waals surface area (Å²) in [6.07, 6.45) is 8.52. The number of nitrogens with one attached hydrogen (secondary N) is 1. The number of halogens is 1. The highest BCUT2D eigenvalue weighted by Gasteiger charge is 2.35. The molecule has 0 aromatic heterocycles. The first kappa shape index (κ1) is 22.9. The topological polar surface area (TPSA) is 40.1 Å². The lowest BCUT2D eigenvalue weighted by Gasteiger charge is -2.39. The summed E-state index contributed by atoms with van der Waals surface area (Å²) >= 11 is 0. The molecule has 5 nitrogen and oxygen atoms in total. The summed E-state index contributed by atoms with van der Waals surface area (Å²) in [5, 5.41) is 3.53. The minimum Gasteiger partial charge on any atom is -0.377 e. The van der Waals surface area contributed by atoms with Crippen LogP contribution in [0.4, 0.5) is 0 Å². The summed E-state index contributed by atoms with van der Waals surface area (Å²) in [6, 6.07) is 0.661. The van der Waals surface area contributed by atoms with Gasteiger partial charge in [-0.1, -0.05) is 32.9 Å². The Morgan fingerprint density at radius 1 is 1.22 bits per heavy atom. The monoisotopic (exact) mass is 490 g/mol. The molecule has 0 bridgehead atoms. The van der Waals surface area contributed by atoms with Crippen molar-refractivity contribution in [3.05, 3.63) is 12.2 Å². The first-order valence-corrected chi connectivity index (χ1v) is 10.5. The summed E-state index contributed by atoms with van der Waals surface area (Å²) < 4.78 is 6.14. The number of ether oxygens (including phenoxy) is 1. The second kappa shape index (κ2) is 10.4. The van der Waals surface area contributed by atoms with Gasteiger partial charge in [0.25, 0.3) is 0 Å². The van der Waals surface area contributed by atoms with E-state index in [0.29, 0.717) is 18.1 Å². The number of hydrogen-bond acceptors (Lipinski definition) is 3. The lowest BCUT2D eigenvalue weighted by Crippen LogP contribution is -2.44. The van der Waals surface area contributed by atoms with E-state index in [1.54, 1.807) is 0 Å². The van der Waals surface area contributed by atoms with Crippen LogP contribution in [0.3, 0.4) is 0 Å². The Hall–Kier alpha value is -0.340. The second-order valence-electron chi connectivity index (χ2n) is 9.07. The molecule has 156 valence electrons. The zero-order valence-corrected chi connectivity index (χ0v) is 19.9. The molecule has 0 radical (unpaired) electrons. The number of hydrogen-bond donors (Lipinski definition) is 1. The first-order chi connectivity index (χ1) is 12.5. The van der Waals surface area contributed by atoms with Crippen molar-refractivity contribution in [3.63, 3.8) is 0 Å². The van der Waals surface area contributed by atoms with E-state index in [1.807, 2.05) is 0 Å². The molecule has 27 heavy (non-hydrogen) atoms. The SMILES string of the molecule is CCNC(=NCC1CCCOC1C(C)(C)C)N1CCC(N2CC=CC2)C1.I. The number of rotatable bonds is 4. The van der Waals surface area contributed by atoms with Gasteiger partial charge in [-0.05, 0) is 31.6 Å². The molecule has 3 aliphatic rings. The van der Waals surface area contributed by atoms with Gasteiger partial charge in [-0.2, -0.15) is 0 Å². The maximum absolute atomic E-state index is 6.14. The van der Waals surface area contributed by atoms with Gasteiger partial charge in [-0.25, -0.2) is 0 Å². The average Bonchev–Trinajstić information content (AvgIpc) is 3.29. The number of guanidine groups is 1. The van der Waals surface area contributed by atoms with Gasteiger partial charge >= 0.3 is 0 Å². The summed E-state index contributed by atoms with van der Waals surface area (Å²) in [4.78, 5) is 10.1. The molecule has 1 N–H and O–H groups in total. The van der Waals surface area contributed by atoms with E-state index in [0.717, 1.165) is 58.3 Å². The average molecular weight is 490 g/mol.